The molecule has 1 heterocycles. The molecule has 1 atom stereocenters. The van der Waals surface area contributed by atoms with Crippen LogP contribution in [0.3, 0.4) is 0 Å². The topological polar surface area (TPSA) is 79.0 Å². The largest absolute Gasteiger partial charge is 0.356 e. The molecule has 106 valence electrons. The van der Waals surface area contributed by atoms with E-state index < -0.39 is 9.05 Å². The first-order chi connectivity index (χ1) is 8.88. The van der Waals surface area contributed by atoms with E-state index in [9.17, 15) is 13.2 Å². The van der Waals surface area contributed by atoms with E-state index >= 15 is 0 Å². The zero-order valence-corrected chi connectivity index (χ0v) is 12.2. The highest BCUT2D eigenvalue weighted by atomic mass is 35.7. The molecule has 1 fully saturated rings. The summed E-state index contributed by atoms with van der Waals surface area (Å²) in [5.74, 6) is 0.209. The molecule has 1 aromatic heterocycles. The highest BCUT2D eigenvalue weighted by molar-refractivity contribution is 8.13. The van der Waals surface area contributed by atoms with Crippen LogP contribution in [0.1, 0.15) is 43.1 Å². The zero-order chi connectivity index (χ0) is 14.0. The summed E-state index contributed by atoms with van der Waals surface area (Å²) < 4.78 is 22.2. The van der Waals surface area contributed by atoms with Crippen molar-refractivity contribution in [2.75, 3.05) is 0 Å². The van der Waals surface area contributed by atoms with Gasteiger partial charge in [-0.3, -0.25) is 4.79 Å². The smallest absolute Gasteiger partial charge is 0.267 e. The first-order valence-electron chi connectivity index (χ1n) is 6.32. The Bertz CT molecular complexity index is 561. The molecule has 1 unspecified atom stereocenters. The lowest BCUT2D eigenvalue weighted by molar-refractivity contribution is 0.0922. The van der Waals surface area contributed by atoms with Crippen molar-refractivity contribution in [3.8, 4) is 0 Å². The Hall–Kier alpha value is -1.01. The molecule has 19 heavy (non-hydrogen) atoms. The van der Waals surface area contributed by atoms with Gasteiger partial charge >= 0.3 is 0 Å². The lowest BCUT2D eigenvalue weighted by atomic mass is 10.00. The molecule has 2 N–H and O–H groups in total. The second-order valence-corrected chi connectivity index (χ2v) is 7.56. The van der Waals surface area contributed by atoms with Gasteiger partial charge in [-0.25, -0.2) is 8.42 Å². The van der Waals surface area contributed by atoms with Gasteiger partial charge in [0, 0.05) is 22.9 Å². The summed E-state index contributed by atoms with van der Waals surface area (Å²) in [5.41, 5.74) is 0.212. The van der Waals surface area contributed by atoms with Gasteiger partial charge in [0.25, 0.3) is 15.0 Å². The number of hydrogen-bond donors (Lipinski definition) is 2. The van der Waals surface area contributed by atoms with Crippen molar-refractivity contribution in [2.24, 2.45) is 5.92 Å². The van der Waals surface area contributed by atoms with E-state index in [0.717, 1.165) is 12.8 Å². The van der Waals surface area contributed by atoms with Crippen LogP contribution in [-0.2, 0) is 9.05 Å². The van der Waals surface area contributed by atoms with Gasteiger partial charge in [0.2, 0.25) is 0 Å². The van der Waals surface area contributed by atoms with Crippen molar-refractivity contribution >= 4 is 25.6 Å². The molecule has 0 saturated heterocycles. The fourth-order valence-electron chi connectivity index (χ4n) is 2.51. The van der Waals surface area contributed by atoms with Crippen LogP contribution >= 0.6 is 10.7 Å². The van der Waals surface area contributed by atoms with Crippen LogP contribution < -0.4 is 5.32 Å². The van der Waals surface area contributed by atoms with Crippen molar-refractivity contribution in [1.29, 1.82) is 0 Å². The van der Waals surface area contributed by atoms with Crippen LogP contribution in [0.25, 0.3) is 0 Å². The summed E-state index contributed by atoms with van der Waals surface area (Å²) in [4.78, 5) is 14.5. The highest BCUT2D eigenvalue weighted by Crippen LogP contribution is 2.27. The second-order valence-electron chi connectivity index (χ2n) is 4.99. The fraction of sp³-hybridized carbons (Fsp3) is 0.583. The summed E-state index contributed by atoms with van der Waals surface area (Å²) in [6.07, 6.45) is 5.91. The number of carbonyl (C=O) groups excluding carboxylic acids is 1. The number of hydrogen-bond acceptors (Lipinski definition) is 3. The lowest BCUT2D eigenvalue weighted by Crippen LogP contribution is -2.37. The molecule has 7 heteroatoms. The molecule has 2 rings (SSSR count). The number of halogens is 1. The number of H-pyrrole nitrogens is 1. The van der Waals surface area contributed by atoms with Crippen LogP contribution in [0, 0.1) is 5.92 Å². The number of carbonyl (C=O) groups is 1. The summed E-state index contributed by atoms with van der Waals surface area (Å²) in [5, 5.41) is 2.89. The Labute approximate surface area is 117 Å². The molecule has 0 radical (unpaired) electrons. The molecule has 5 nitrogen and oxygen atoms in total. The predicted octanol–water partition coefficient (Wildman–Crippen LogP) is 2.25. The molecule has 0 aliphatic heterocycles. The first-order valence-corrected chi connectivity index (χ1v) is 8.63. The van der Waals surface area contributed by atoms with E-state index in [-0.39, 0.29) is 22.5 Å². The molecule has 0 spiro atoms. The standard InChI is InChI=1S/C12H17ClN2O3S/c1-8(9-4-2-3-5-9)15-12(16)11-6-10(7-14-11)19(13,17)18/h6-9,14H,2-5H2,1H3,(H,15,16). The molecule has 1 saturated carbocycles. The zero-order valence-electron chi connectivity index (χ0n) is 10.6. The van der Waals surface area contributed by atoms with Crippen LogP contribution in [-0.4, -0.2) is 25.4 Å². The molecule has 1 amide bonds. The molecule has 1 aliphatic carbocycles. The maximum Gasteiger partial charge on any atom is 0.267 e. The average molecular weight is 305 g/mol. The fourth-order valence-corrected chi connectivity index (χ4v) is 3.23. The third-order valence-corrected chi connectivity index (χ3v) is 4.98. The Morgan fingerprint density at radius 3 is 2.63 bits per heavy atom. The van der Waals surface area contributed by atoms with Crippen LogP contribution in [0.15, 0.2) is 17.2 Å². The van der Waals surface area contributed by atoms with Crippen LogP contribution in [0.5, 0.6) is 0 Å². The summed E-state index contributed by atoms with van der Waals surface area (Å²) in [6.45, 7) is 1.98. The lowest BCUT2D eigenvalue weighted by Gasteiger charge is -2.19. The number of aromatic nitrogens is 1. The monoisotopic (exact) mass is 304 g/mol. The Balaban J connectivity index is 2.01. The van der Waals surface area contributed by atoms with Crippen molar-refractivity contribution in [1.82, 2.24) is 10.3 Å². The second kappa shape index (κ2) is 5.54. The average Bonchev–Trinajstić information content (AvgIpc) is 3.00. The molecule has 0 aromatic carbocycles. The Morgan fingerprint density at radius 2 is 2.11 bits per heavy atom. The molecule has 1 aromatic rings. The SMILES string of the molecule is CC(NC(=O)c1cc(S(=O)(=O)Cl)c[nH]1)C1CCCC1. The third kappa shape index (κ3) is 3.51. The minimum Gasteiger partial charge on any atom is -0.356 e. The number of nitrogens with one attached hydrogen (secondary N) is 2. The summed E-state index contributed by atoms with van der Waals surface area (Å²) in [6, 6.07) is 1.34. The van der Waals surface area contributed by atoms with E-state index in [0.29, 0.717) is 5.92 Å². The van der Waals surface area contributed by atoms with Gasteiger partial charge in [-0.05, 0) is 31.7 Å². The van der Waals surface area contributed by atoms with Gasteiger partial charge in [0.1, 0.15) is 10.6 Å². The van der Waals surface area contributed by atoms with Gasteiger partial charge in [-0.15, -0.1) is 0 Å². The van der Waals surface area contributed by atoms with Crippen LogP contribution in [0.4, 0.5) is 0 Å². The van der Waals surface area contributed by atoms with Gasteiger partial charge in [-0.1, -0.05) is 12.8 Å². The van der Waals surface area contributed by atoms with E-state index in [1.807, 2.05) is 6.92 Å². The summed E-state index contributed by atoms with van der Waals surface area (Å²) in [7, 11) is 1.41. The Kier molecular flexibility index (Phi) is 4.20. The maximum absolute atomic E-state index is 12.0. The predicted molar refractivity (Wildman–Crippen MR) is 72.7 cm³/mol. The van der Waals surface area contributed by atoms with Crippen LogP contribution in [0.2, 0.25) is 0 Å². The third-order valence-electron chi connectivity index (χ3n) is 3.65. The highest BCUT2D eigenvalue weighted by Gasteiger charge is 2.24. The van der Waals surface area contributed by atoms with E-state index in [4.69, 9.17) is 10.7 Å². The van der Waals surface area contributed by atoms with Crippen molar-refractivity contribution < 1.29 is 13.2 Å². The van der Waals surface area contributed by atoms with Crippen molar-refractivity contribution in [3.63, 3.8) is 0 Å². The quantitative estimate of drug-likeness (QED) is 0.837. The van der Waals surface area contributed by atoms with Gasteiger partial charge < -0.3 is 10.3 Å². The molecule has 1 aliphatic rings. The van der Waals surface area contributed by atoms with E-state index in [1.165, 1.54) is 25.1 Å². The first kappa shape index (κ1) is 14.4. The van der Waals surface area contributed by atoms with E-state index in [2.05, 4.69) is 10.3 Å². The van der Waals surface area contributed by atoms with Gasteiger partial charge in [0.05, 0.1) is 0 Å². The van der Waals surface area contributed by atoms with Crippen molar-refractivity contribution in [3.05, 3.63) is 18.0 Å². The van der Waals surface area contributed by atoms with Gasteiger partial charge in [0.15, 0.2) is 0 Å². The van der Waals surface area contributed by atoms with Crippen molar-refractivity contribution in [2.45, 2.75) is 43.5 Å². The molecular formula is C12H17ClN2O3S. The molecular weight excluding hydrogens is 288 g/mol. The number of aromatic amines is 1. The summed E-state index contributed by atoms with van der Waals surface area (Å²) >= 11 is 0. The minimum absolute atomic E-state index is 0.0900. The maximum atomic E-state index is 12.0. The molecule has 0 bridgehead atoms. The van der Waals surface area contributed by atoms with E-state index in [1.54, 1.807) is 0 Å². The number of rotatable bonds is 4. The minimum atomic E-state index is -3.80. The normalized spacial score (nSPS) is 18.4. The Morgan fingerprint density at radius 1 is 1.47 bits per heavy atom. The van der Waals surface area contributed by atoms with Gasteiger partial charge in [-0.2, -0.15) is 0 Å². The number of amides is 1.